The Balaban J connectivity index is 2.31. The molecule has 2 rings (SSSR count). The van der Waals surface area contributed by atoms with Gasteiger partial charge in [-0.1, -0.05) is 29.8 Å². The lowest BCUT2D eigenvalue weighted by molar-refractivity contribution is 0.104. The fraction of sp³-hybridized carbons (Fsp3) is 0.118. The van der Waals surface area contributed by atoms with Crippen LogP contribution in [0.5, 0.6) is 11.5 Å². The number of benzene rings is 2. The highest BCUT2D eigenvalue weighted by molar-refractivity contribution is 6.32. The van der Waals surface area contributed by atoms with Gasteiger partial charge in [-0.2, -0.15) is 0 Å². The van der Waals surface area contributed by atoms with Crippen LogP contribution in [0.2, 0.25) is 5.02 Å². The summed E-state index contributed by atoms with van der Waals surface area (Å²) in [5.74, 6) is 0.115. The van der Waals surface area contributed by atoms with E-state index in [1.54, 1.807) is 18.2 Å². The van der Waals surface area contributed by atoms with Crippen molar-refractivity contribution in [1.29, 1.82) is 0 Å². The highest BCUT2D eigenvalue weighted by atomic mass is 35.5. The van der Waals surface area contributed by atoms with E-state index < -0.39 is 0 Å². The number of ketones is 1. The van der Waals surface area contributed by atoms with Crippen molar-refractivity contribution in [2.45, 2.75) is 0 Å². The summed E-state index contributed by atoms with van der Waals surface area (Å²) < 4.78 is 23.4. The van der Waals surface area contributed by atoms with Crippen molar-refractivity contribution in [1.82, 2.24) is 0 Å². The van der Waals surface area contributed by atoms with Crippen LogP contribution in [0.4, 0.5) is 4.39 Å². The predicted octanol–water partition coefficient (Wildman–Crippen LogP) is 4.39. The molecule has 0 atom stereocenters. The molecule has 0 aliphatic rings. The molecule has 114 valence electrons. The molecule has 0 unspecified atom stereocenters. The van der Waals surface area contributed by atoms with E-state index in [9.17, 15) is 9.18 Å². The van der Waals surface area contributed by atoms with Crippen LogP contribution in [0, 0.1) is 5.82 Å². The third-order valence-corrected chi connectivity index (χ3v) is 3.31. The third kappa shape index (κ3) is 3.65. The summed E-state index contributed by atoms with van der Waals surface area (Å²) in [6.45, 7) is 0. The lowest BCUT2D eigenvalue weighted by Gasteiger charge is -2.10. The van der Waals surface area contributed by atoms with Crippen LogP contribution in [0.25, 0.3) is 6.08 Å². The second kappa shape index (κ2) is 7.09. The molecule has 0 heterocycles. The third-order valence-electron chi connectivity index (χ3n) is 3.02. The average Bonchev–Trinajstić information content (AvgIpc) is 2.52. The summed E-state index contributed by atoms with van der Waals surface area (Å²) in [4.78, 5) is 12.3. The SMILES string of the molecule is COc1cc(OC)c(C(=O)/C=C/c2cccc(F)c2)cc1Cl. The van der Waals surface area contributed by atoms with Gasteiger partial charge in [0, 0.05) is 6.07 Å². The number of halogens is 2. The van der Waals surface area contributed by atoms with Gasteiger partial charge in [-0.05, 0) is 29.8 Å². The molecule has 0 amide bonds. The zero-order chi connectivity index (χ0) is 16.1. The number of rotatable bonds is 5. The molecule has 0 aromatic heterocycles. The average molecular weight is 321 g/mol. The van der Waals surface area contributed by atoms with Crippen molar-refractivity contribution in [2.24, 2.45) is 0 Å². The summed E-state index contributed by atoms with van der Waals surface area (Å²) in [5.41, 5.74) is 0.896. The van der Waals surface area contributed by atoms with Crippen molar-refractivity contribution in [2.75, 3.05) is 14.2 Å². The lowest BCUT2D eigenvalue weighted by atomic mass is 10.1. The molecule has 3 nitrogen and oxygen atoms in total. The van der Waals surface area contributed by atoms with E-state index >= 15 is 0 Å². The van der Waals surface area contributed by atoms with Crippen molar-refractivity contribution in [3.63, 3.8) is 0 Å². The first-order valence-electron chi connectivity index (χ1n) is 6.44. The lowest BCUT2D eigenvalue weighted by Crippen LogP contribution is -2.00. The van der Waals surface area contributed by atoms with Gasteiger partial charge in [0.15, 0.2) is 5.78 Å². The standard InChI is InChI=1S/C17H14ClFO3/c1-21-16-10-17(22-2)14(18)9-13(16)15(20)7-6-11-4-3-5-12(19)8-11/h3-10H,1-2H3/b7-6+. The number of carbonyl (C=O) groups is 1. The minimum atomic E-state index is -0.361. The molecule has 0 saturated carbocycles. The summed E-state index contributed by atoms with van der Waals surface area (Å²) in [5, 5.41) is 0.311. The van der Waals surface area contributed by atoms with E-state index in [4.69, 9.17) is 21.1 Å². The number of hydrogen-bond acceptors (Lipinski definition) is 3. The number of ether oxygens (including phenoxy) is 2. The van der Waals surface area contributed by atoms with E-state index in [0.29, 0.717) is 27.6 Å². The Kier molecular flexibility index (Phi) is 5.17. The summed E-state index contributed by atoms with van der Waals surface area (Å²) >= 11 is 6.03. The molecule has 2 aromatic carbocycles. The topological polar surface area (TPSA) is 35.5 Å². The fourth-order valence-corrected chi connectivity index (χ4v) is 2.17. The van der Waals surface area contributed by atoms with Crippen LogP contribution in [0.15, 0.2) is 42.5 Å². The van der Waals surface area contributed by atoms with E-state index in [2.05, 4.69) is 0 Å². The fourth-order valence-electron chi connectivity index (χ4n) is 1.92. The van der Waals surface area contributed by atoms with Crippen molar-refractivity contribution < 1.29 is 18.7 Å². The molecule has 0 aliphatic carbocycles. The number of methoxy groups -OCH3 is 2. The second-order valence-electron chi connectivity index (χ2n) is 4.44. The molecule has 0 aliphatic heterocycles. The largest absolute Gasteiger partial charge is 0.496 e. The van der Waals surface area contributed by atoms with Crippen molar-refractivity contribution in [3.05, 3.63) is 64.4 Å². The Morgan fingerprint density at radius 1 is 1.14 bits per heavy atom. The van der Waals surface area contributed by atoms with E-state index in [-0.39, 0.29) is 11.6 Å². The van der Waals surface area contributed by atoms with Crippen LogP contribution in [-0.4, -0.2) is 20.0 Å². The van der Waals surface area contributed by atoms with Gasteiger partial charge in [-0.3, -0.25) is 4.79 Å². The number of hydrogen-bond donors (Lipinski definition) is 0. The minimum absolute atomic E-state index is 0.300. The minimum Gasteiger partial charge on any atom is -0.496 e. The predicted molar refractivity (Wildman–Crippen MR) is 84.3 cm³/mol. The Bertz CT molecular complexity index is 726. The molecule has 0 fully saturated rings. The highest BCUT2D eigenvalue weighted by Crippen LogP contribution is 2.33. The van der Waals surface area contributed by atoms with Crippen molar-refractivity contribution in [3.8, 4) is 11.5 Å². The molecular weight excluding hydrogens is 307 g/mol. The molecule has 0 saturated heterocycles. The Hall–Kier alpha value is -2.33. The van der Waals surface area contributed by atoms with E-state index in [1.807, 2.05) is 0 Å². The molecule has 0 spiro atoms. The number of allylic oxidation sites excluding steroid dienone is 1. The van der Waals surface area contributed by atoms with Gasteiger partial charge in [0.2, 0.25) is 0 Å². The van der Waals surface area contributed by atoms with Gasteiger partial charge in [-0.15, -0.1) is 0 Å². The van der Waals surface area contributed by atoms with Crippen LogP contribution >= 0.6 is 11.6 Å². The summed E-state index contributed by atoms with van der Waals surface area (Å²) in [7, 11) is 2.93. The van der Waals surface area contributed by atoms with Gasteiger partial charge in [0.05, 0.1) is 24.8 Å². The number of carbonyl (C=O) groups excluding carboxylic acids is 1. The van der Waals surface area contributed by atoms with Crippen molar-refractivity contribution >= 4 is 23.5 Å². The maximum absolute atomic E-state index is 13.1. The first-order valence-corrected chi connectivity index (χ1v) is 6.82. The molecular formula is C17H14ClFO3. The monoisotopic (exact) mass is 320 g/mol. The van der Waals surface area contributed by atoms with E-state index in [1.165, 1.54) is 44.6 Å². The molecule has 0 radical (unpaired) electrons. The smallest absolute Gasteiger partial charge is 0.189 e. The van der Waals surface area contributed by atoms with Crippen LogP contribution in [0.1, 0.15) is 15.9 Å². The van der Waals surface area contributed by atoms with Gasteiger partial charge in [0.1, 0.15) is 17.3 Å². The first kappa shape index (κ1) is 16.0. The van der Waals surface area contributed by atoms with Crippen LogP contribution in [0.3, 0.4) is 0 Å². The normalized spacial score (nSPS) is 10.7. The first-order chi connectivity index (χ1) is 10.5. The molecule has 2 aromatic rings. The van der Waals surface area contributed by atoms with Crippen LogP contribution in [-0.2, 0) is 0 Å². The second-order valence-corrected chi connectivity index (χ2v) is 4.85. The zero-order valence-electron chi connectivity index (χ0n) is 12.1. The van der Waals surface area contributed by atoms with Gasteiger partial charge in [-0.25, -0.2) is 4.39 Å². The van der Waals surface area contributed by atoms with Gasteiger partial charge < -0.3 is 9.47 Å². The molecule has 0 N–H and O–H groups in total. The Morgan fingerprint density at radius 3 is 2.50 bits per heavy atom. The molecule has 22 heavy (non-hydrogen) atoms. The molecule has 0 bridgehead atoms. The Morgan fingerprint density at radius 2 is 1.86 bits per heavy atom. The van der Waals surface area contributed by atoms with Gasteiger partial charge >= 0.3 is 0 Å². The van der Waals surface area contributed by atoms with Crippen LogP contribution < -0.4 is 9.47 Å². The molecule has 5 heteroatoms. The summed E-state index contributed by atoms with van der Waals surface area (Å²) in [6, 6.07) is 8.98. The quantitative estimate of drug-likeness (QED) is 0.605. The Labute approximate surface area is 132 Å². The van der Waals surface area contributed by atoms with Gasteiger partial charge in [0.25, 0.3) is 0 Å². The van der Waals surface area contributed by atoms with E-state index in [0.717, 1.165) is 0 Å². The maximum atomic E-state index is 13.1. The zero-order valence-corrected chi connectivity index (χ0v) is 12.9. The maximum Gasteiger partial charge on any atom is 0.189 e. The summed E-state index contributed by atoms with van der Waals surface area (Å²) in [6.07, 6.45) is 2.87. The highest BCUT2D eigenvalue weighted by Gasteiger charge is 2.14.